The van der Waals surface area contributed by atoms with Gasteiger partial charge in [-0.2, -0.15) is 0 Å². The molecule has 1 aliphatic rings. The van der Waals surface area contributed by atoms with E-state index < -0.39 is 0 Å². The second kappa shape index (κ2) is 6.06. The minimum Gasteiger partial charge on any atom is -0.361 e. The summed E-state index contributed by atoms with van der Waals surface area (Å²) in [6, 6.07) is 4.77. The number of fused-ring (bicyclic) bond motifs is 2. The number of hydrogen-bond donors (Lipinski definition) is 2. The number of H-pyrrole nitrogens is 2. The third kappa shape index (κ3) is 3.05. The van der Waals surface area contributed by atoms with Crippen LogP contribution in [-0.4, -0.2) is 26.4 Å². The zero-order chi connectivity index (χ0) is 18.5. The summed E-state index contributed by atoms with van der Waals surface area (Å²) in [5.41, 5.74) is 3.39. The highest BCUT2D eigenvalue weighted by molar-refractivity contribution is 5.83. The van der Waals surface area contributed by atoms with Crippen LogP contribution < -0.4 is 5.56 Å². The van der Waals surface area contributed by atoms with E-state index in [0.29, 0.717) is 13.1 Å². The van der Waals surface area contributed by atoms with E-state index in [9.17, 15) is 9.18 Å². The molecule has 0 aliphatic carbocycles. The number of aromatic nitrogens is 3. The SMILES string of the molecule is CC(C)(C)c1nc2c(c(=O)[nH]1)CN(Cc1c[nH]c3ccc(F)cc13)CC2. The normalized spacial score (nSPS) is 15.4. The van der Waals surface area contributed by atoms with Crippen LogP contribution in [0.25, 0.3) is 10.9 Å². The largest absolute Gasteiger partial charge is 0.361 e. The summed E-state index contributed by atoms with van der Waals surface area (Å²) >= 11 is 0. The van der Waals surface area contributed by atoms with Crippen LogP contribution in [0.4, 0.5) is 4.39 Å². The molecule has 136 valence electrons. The van der Waals surface area contributed by atoms with Gasteiger partial charge in [-0.25, -0.2) is 9.37 Å². The van der Waals surface area contributed by atoms with Crippen LogP contribution in [0.15, 0.2) is 29.2 Å². The van der Waals surface area contributed by atoms with Gasteiger partial charge in [0.15, 0.2) is 0 Å². The van der Waals surface area contributed by atoms with Crippen molar-refractivity contribution < 1.29 is 4.39 Å². The highest BCUT2D eigenvalue weighted by Gasteiger charge is 2.25. The van der Waals surface area contributed by atoms with Crippen LogP contribution in [0.3, 0.4) is 0 Å². The first kappa shape index (κ1) is 17.0. The molecular weight excluding hydrogens is 331 g/mol. The van der Waals surface area contributed by atoms with Crippen molar-refractivity contribution in [3.63, 3.8) is 0 Å². The molecule has 4 rings (SSSR count). The fourth-order valence-corrected chi connectivity index (χ4v) is 3.49. The predicted molar refractivity (Wildman–Crippen MR) is 99.6 cm³/mol. The monoisotopic (exact) mass is 354 g/mol. The fourth-order valence-electron chi connectivity index (χ4n) is 3.49. The van der Waals surface area contributed by atoms with Crippen molar-refractivity contribution in [1.82, 2.24) is 19.9 Å². The lowest BCUT2D eigenvalue weighted by Crippen LogP contribution is -2.37. The van der Waals surface area contributed by atoms with Crippen LogP contribution in [-0.2, 0) is 24.9 Å². The average molecular weight is 354 g/mol. The van der Waals surface area contributed by atoms with E-state index >= 15 is 0 Å². The van der Waals surface area contributed by atoms with E-state index in [4.69, 9.17) is 4.98 Å². The number of benzene rings is 1. The second-order valence-corrected chi connectivity index (χ2v) is 8.05. The summed E-state index contributed by atoms with van der Waals surface area (Å²) in [6.45, 7) is 8.19. The summed E-state index contributed by atoms with van der Waals surface area (Å²) < 4.78 is 13.6. The van der Waals surface area contributed by atoms with Crippen molar-refractivity contribution in [3.05, 3.63) is 63.2 Å². The van der Waals surface area contributed by atoms with Crippen LogP contribution >= 0.6 is 0 Å². The number of rotatable bonds is 2. The summed E-state index contributed by atoms with van der Waals surface area (Å²) in [4.78, 5) is 25.6. The molecule has 0 fully saturated rings. The molecule has 0 radical (unpaired) electrons. The number of nitrogens with one attached hydrogen (secondary N) is 2. The molecule has 0 amide bonds. The zero-order valence-corrected chi connectivity index (χ0v) is 15.3. The van der Waals surface area contributed by atoms with Crippen molar-refractivity contribution >= 4 is 10.9 Å². The molecule has 26 heavy (non-hydrogen) atoms. The van der Waals surface area contributed by atoms with E-state index in [1.165, 1.54) is 6.07 Å². The fraction of sp³-hybridized carbons (Fsp3) is 0.400. The van der Waals surface area contributed by atoms with Gasteiger partial charge >= 0.3 is 0 Å². The van der Waals surface area contributed by atoms with Gasteiger partial charge < -0.3 is 9.97 Å². The molecule has 0 spiro atoms. The molecule has 6 heteroatoms. The maximum Gasteiger partial charge on any atom is 0.255 e. The average Bonchev–Trinajstić information content (AvgIpc) is 2.96. The third-order valence-corrected chi connectivity index (χ3v) is 4.98. The Labute approximate surface area is 151 Å². The topological polar surface area (TPSA) is 64.8 Å². The molecule has 0 unspecified atom stereocenters. The second-order valence-electron chi connectivity index (χ2n) is 8.05. The minimum absolute atomic E-state index is 0.0467. The van der Waals surface area contributed by atoms with Gasteiger partial charge in [0.2, 0.25) is 0 Å². The summed E-state index contributed by atoms with van der Waals surface area (Å²) in [7, 11) is 0. The van der Waals surface area contributed by atoms with Crippen molar-refractivity contribution in [1.29, 1.82) is 0 Å². The quantitative estimate of drug-likeness (QED) is 0.742. The van der Waals surface area contributed by atoms with Crippen molar-refractivity contribution in [3.8, 4) is 0 Å². The lowest BCUT2D eigenvalue weighted by molar-refractivity contribution is 0.241. The van der Waals surface area contributed by atoms with Crippen molar-refractivity contribution in [2.75, 3.05) is 6.54 Å². The van der Waals surface area contributed by atoms with Crippen molar-refractivity contribution in [2.24, 2.45) is 0 Å². The number of aromatic amines is 2. The van der Waals surface area contributed by atoms with Gasteiger partial charge in [0.1, 0.15) is 11.6 Å². The number of nitrogens with zero attached hydrogens (tertiary/aromatic N) is 2. The molecule has 2 aromatic heterocycles. The Balaban J connectivity index is 1.61. The number of halogens is 1. The third-order valence-electron chi connectivity index (χ3n) is 4.98. The molecule has 3 heterocycles. The predicted octanol–water partition coefficient (Wildman–Crippen LogP) is 3.25. The highest BCUT2D eigenvalue weighted by Crippen LogP contribution is 2.24. The molecule has 1 aliphatic heterocycles. The van der Waals surface area contributed by atoms with Gasteiger partial charge in [-0.15, -0.1) is 0 Å². The molecule has 3 aromatic rings. The lowest BCUT2D eigenvalue weighted by atomic mass is 9.95. The molecule has 0 saturated heterocycles. The van der Waals surface area contributed by atoms with Crippen LogP contribution in [0.5, 0.6) is 0 Å². The van der Waals surface area contributed by atoms with E-state index in [1.807, 2.05) is 27.0 Å². The maximum absolute atomic E-state index is 13.6. The molecular formula is C20H23FN4O. The first-order chi connectivity index (χ1) is 12.3. The minimum atomic E-state index is -0.238. The molecule has 2 N–H and O–H groups in total. The summed E-state index contributed by atoms with van der Waals surface area (Å²) in [5, 5.41) is 0.894. The van der Waals surface area contributed by atoms with E-state index in [2.05, 4.69) is 14.9 Å². The Morgan fingerprint density at radius 2 is 2.12 bits per heavy atom. The van der Waals surface area contributed by atoms with Crippen LogP contribution in [0.2, 0.25) is 0 Å². The van der Waals surface area contributed by atoms with E-state index in [1.54, 1.807) is 12.1 Å². The van der Waals surface area contributed by atoms with Gasteiger partial charge in [-0.1, -0.05) is 20.8 Å². The van der Waals surface area contributed by atoms with Crippen molar-refractivity contribution in [2.45, 2.75) is 45.7 Å². The van der Waals surface area contributed by atoms with Gasteiger partial charge in [0.25, 0.3) is 5.56 Å². The van der Waals surface area contributed by atoms with Crippen LogP contribution in [0.1, 0.15) is 43.4 Å². The van der Waals surface area contributed by atoms with E-state index in [-0.39, 0.29) is 16.8 Å². The first-order valence-electron chi connectivity index (χ1n) is 8.92. The molecule has 0 saturated carbocycles. The van der Waals surface area contributed by atoms with Crippen LogP contribution in [0, 0.1) is 5.82 Å². The molecule has 5 nitrogen and oxygen atoms in total. The molecule has 0 bridgehead atoms. The lowest BCUT2D eigenvalue weighted by Gasteiger charge is -2.28. The zero-order valence-electron chi connectivity index (χ0n) is 15.3. The first-order valence-corrected chi connectivity index (χ1v) is 8.92. The van der Waals surface area contributed by atoms with E-state index in [0.717, 1.165) is 46.5 Å². The highest BCUT2D eigenvalue weighted by atomic mass is 19.1. The smallest absolute Gasteiger partial charge is 0.255 e. The number of hydrogen-bond acceptors (Lipinski definition) is 3. The Morgan fingerprint density at radius 1 is 1.31 bits per heavy atom. The molecule has 1 aromatic carbocycles. The van der Waals surface area contributed by atoms with Gasteiger partial charge in [-0.05, 0) is 23.8 Å². The summed E-state index contributed by atoms with van der Waals surface area (Å²) in [5.74, 6) is 0.500. The Hall–Kier alpha value is -2.47. The summed E-state index contributed by atoms with van der Waals surface area (Å²) in [6.07, 6.45) is 2.67. The Morgan fingerprint density at radius 3 is 2.88 bits per heavy atom. The van der Waals surface area contributed by atoms with Gasteiger partial charge in [0, 0.05) is 48.6 Å². The maximum atomic E-state index is 13.6. The standard InChI is InChI=1S/C20H23FN4O/c1-20(2,3)19-23-17-6-7-25(11-15(17)18(26)24-19)10-12-9-22-16-5-4-13(21)8-14(12)16/h4-5,8-9,22H,6-7,10-11H2,1-3H3,(H,23,24,26). The molecule has 0 atom stereocenters. The Kier molecular flexibility index (Phi) is 3.95. The van der Waals surface area contributed by atoms with Gasteiger partial charge in [0.05, 0.1) is 11.3 Å². The Bertz CT molecular complexity index is 1030. The van der Waals surface area contributed by atoms with Gasteiger partial charge in [-0.3, -0.25) is 9.69 Å².